The van der Waals surface area contributed by atoms with E-state index < -0.39 is 11.6 Å². The van der Waals surface area contributed by atoms with Gasteiger partial charge in [-0.05, 0) is 36.4 Å². The van der Waals surface area contributed by atoms with Gasteiger partial charge in [-0.15, -0.1) is 10.2 Å². The smallest absolute Gasteiger partial charge is 0.207 e. The highest BCUT2D eigenvalue weighted by molar-refractivity contribution is 7.99. The van der Waals surface area contributed by atoms with Crippen molar-refractivity contribution in [3.63, 3.8) is 0 Å². The predicted octanol–water partition coefficient (Wildman–Crippen LogP) is 4.23. The van der Waals surface area contributed by atoms with Crippen LogP contribution in [-0.2, 0) is 0 Å². The number of halogens is 3. The van der Waals surface area contributed by atoms with E-state index in [1.54, 1.807) is 16.8 Å². The fraction of sp³-hybridized carbons (Fsp3) is 0.0625. The second-order valence-electron chi connectivity index (χ2n) is 5.08. The van der Waals surface area contributed by atoms with E-state index in [1.165, 1.54) is 23.9 Å². The van der Waals surface area contributed by atoms with Crippen LogP contribution in [0, 0.1) is 11.6 Å². The molecule has 1 aliphatic rings. The third-order valence-corrected chi connectivity index (χ3v) is 4.70. The van der Waals surface area contributed by atoms with Crippen molar-refractivity contribution in [2.75, 3.05) is 5.75 Å². The Bertz CT molecular complexity index is 953. The molecule has 4 rings (SSSR count). The standard InChI is InChI=1S/C16H9ClF2N4S/c17-10-3-1-9(2-4-10)15-20-21-16-23(15)22-14(8-24-16)12-6-5-11(18)7-13(12)19/h1-7H,8H2. The zero-order valence-corrected chi connectivity index (χ0v) is 13.7. The molecule has 0 radical (unpaired) electrons. The maximum Gasteiger partial charge on any atom is 0.212 e. The largest absolute Gasteiger partial charge is 0.212 e. The summed E-state index contributed by atoms with van der Waals surface area (Å²) >= 11 is 7.30. The van der Waals surface area contributed by atoms with E-state index in [-0.39, 0.29) is 5.56 Å². The van der Waals surface area contributed by atoms with E-state index >= 15 is 0 Å². The van der Waals surface area contributed by atoms with E-state index in [9.17, 15) is 8.78 Å². The molecule has 120 valence electrons. The van der Waals surface area contributed by atoms with Gasteiger partial charge in [-0.1, -0.05) is 23.4 Å². The zero-order valence-electron chi connectivity index (χ0n) is 12.1. The summed E-state index contributed by atoms with van der Waals surface area (Å²) in [4.78, 5) is 0. The molecule has 2 aromatic carbocycles. The highest BCUT2D eigenvalue weighted by Gasteiger charge is 2.22. The van der Waals surface area contributed by atoms with Gasteiger partial charge >= 0.3 is 0 Å². The number of thioether (sulfide) groups is 1. The molecule has 0 amide bonds. The second kappa shape index (κ2) is 5.99. The molecule has 4 nitrogen and oxygen atoms in total. The highest BCUT2D eigenvalue weighted by atomic mass is 35.5. The lowest BCUT2D eigenvalue weighted by Crippen LogP contribution is -2.15. The second-order valence-corrected chi connectivity index (χ2v) is 6.46. The summed E-state index contributed by atoms with van der Waals surface area (Å²) in [5, 5.41) is 13.9. The molecule has 0 saturated carbocycles. The van der Waals surface area contributed by atoms with Crippen molar-refractivity contribution in [2.24, 2.45) is 5.10 Å². The van der Waals surface area contributed by atoms with Crippen LogP contribution in [0.4, 0.5) is 8.78 Å². The van der Waals surface area contributed by atoms with Gasteiger partial charge in [0.05, 0.1) is 5.71 Å². The van der Waals surface area contributed by atoms with Crippen LogP contribution in [0.1, 0.15) is 5.56 Å². The van der Waals surface area contributed by atoms with Crippen LogP contribution < -0.4 is 0 Å². The lowest BCUT2D eigenvalue weighted by molar-refractivity contribution is 0.581. The number of hydrogen-bond acceptors (Lipinski definition) is 4. The van der Waals surface area contributed by atoms with Crippen molar-refractivity contribution in [3.8, 4) is 11.4 Å². The lowest BCUT2D eigenvalue weighted by Gasteiger charge is -2.14. The first-order valence-electron chi connectivity index (χ1n) is 6.99. The van der Waals surface area contributed by atoms with Gasteiger partial charge in [-0.3, -0.25) is 0 Å². The van der Waals surface area contributed by atoms with Gasteiger partial charge in [0.2, 0.25) is 5.16 Å². The average Bonchev–Trinajstić information content (AvgIpc) is 2.99. The van der Waals surface area contributed by atoms with Crippen molar-refractivity contribution in [1.82, 2.24) is 14.9 Å². The fourth-order valence-electron chi connectivity index (χ4n) is 2.36. The van der Waals surface area contributed by atoms with Crippen molar-refractivity contribution in [3.05, 3.63) is 64.7 Å². The fourth-order valence-corrected chi connectivity index (χ4v) is 3.32. The minimum Gasteiger partial charge on any atom is -0.207 e. The minimum absolute atomic E-state index is 0.269. The number of benzene rings is 2. The number of fused-ring (bicyclic) bond motifs is 1. The first-order valence-corrected chi connectivity index (χ1v) is 8.35. The maximum absolute atomic E-state index is 14.0. The van der Waals surface area contributed by atoms with E-state index in [1.807, 2.05) is 12.1 Å². The summed E-state index contributed by atoms with van der Waals surface area (Å²) in [6.07, 6.45) is 0. The molecule has 0 fully saturated rings. The highest BCUT2D eigenvalue weighted by Crippen LogP contribution is 2.29. The molecule has 0 unspecified atom stereocenters. The van der Waals surface area contributed by atoms with Crippen LogP contribution in [0.15, 0.2) is 52.7 Å². The first-order chi connectivity index (χ1) is 11.6. The van der Waals surface area contributed by atoms with Crippen LogP contribution in [0.3, 0.4) is 0 Å². The van der Waals surface area contributed by atoms with Crippen LogP contribution in [0.25, 0.3) is 11.4 Å². The predicted molar refractivity (Wildman–Crippen MR) is 89.5 cm³/mol. The van der Waals surface area contributed by atoms with Gasteiger partial charge in [-0.2, -0.15) is 9.78 Å². The molecular weight excluding hydrogens is 354 g/mol. The molecular formula is C16H9ClF2N4S. The monoisotopic (exact) mass is 362 g/mol. The summed E-state index contributed by atoms with van der Waals surface area (Å²) in [5.41, 5.74) is 1.56. The van der Waals surface area contributed by atoms with Gasteiger partial charge in [0.25, 0.3) is 0 Å². The molecule has 2 heterocycles. The Morgan fingerprint density at radius 3 is 2.58 bits per heavy atom. The van der Waals surface area contributed by atoms with E-state index in [2.05, 4.69) is 15.3 Å². The van der Waals surface area contributed by atoms with E-state index in [0.29, 0.717) is 27.5 Å². The van der Waals surface area contributed by atoms with Crippen LogP contribution in [0.5, 0.6) is 0 Å². The number of nitrogens with zero attached hydrogens (tertiary/aromatic N) is 4. The topological polar surface area (TPSA) is 43.1 Å². The molecule has 24 heavy (non-hydrogen) atoms. The molecule has 1 aliphatic heterocycles. The summed E-state index contributed by atoms with van der Waals surface area (Å²) in [5.74, 6) is -0.290. The summed E-state index contributed by atoms with van der Waals surface area (Å²) in [6, 6.07) is 10.6. The minimum atomic E-state index is -0.640. The van der Waals surface area contributed by atoms with Crippen LogP contribution >= 0.6 is 23.4 Å². The van der Waals surface area contributed by atoms with Crippen LogP contribution in [-0.4, -0.2) is 26.3 Å². The van der Waals surface area contributed by atoms with Crippen molar-refractivity contribution < 1.29 is 8.78 Å². The maximum atomic E-state index is 14.0. The Morgan fingerprint density at radius 1 is 1.04 bits per heavy atom. The Kier molecular flexibility index (Phi) is 3.82. The summed E-state index contributed by atoms with van der Waals surface area (Å²) in [6.45, 7) is 0. The Hall–Kier alpha value is -2.25. The third kappa shape index (κ3) is 2.70. The van der Waals surface area contributed by atoms with Gasteiger partial charge in [0.15, 0.2) is 5.82 Å². The van der Waals surface area contributed by atoms with Crippen molar-refractivity contribution >= 4 is 29.1 Å². The molecule has 0 N–H and O–H groups in total. The molecule has 0 saturated heterocycles. The van der Waals surface area contributed by atoms with Gasteiger partial charge in [-0.25, -0.2) is 8.78 Å². The zero-order chi connectivity index (χ0) is 16.7. The summed E-state index contributed by atoms with van der Waals surface area (Å²) in [7, 11) is 0. The summed E-state index contributed by atoms with van der Waals surface area (Å²) < 4.78 is 28.7. The quantitative estimate of drug-likeness (QED) is 0.685. The van der Waals surface area contributed by atoms with Crippen LogP contribution in [0.2, 0.25) is 5.02 Å². The Balaban J connectivity index is 1.80. The number of rotatable bonds is 2. The Morgan fingerprint density at radius 2 is 1.83 bits per heavy atom. The van der Waals surface area contributed by atoms with Gasteiger partial charge in [0.1, 0.15) is 11.6 Å². The van der Waals surface area contributed by atoms with Crippen molar-refractivity contribution in [1.29, 1.82) is 0 Å². The number of aromatic nitrogens is 3. The molecule has 1 aromatic heterocycles. The number of hydrogen-bond donors (Lipinski definition) is 0. The van der Waals surface area contributed by atoms with Gasteiger partial charge < -0.3 is 0 Å². The molecule has 8 heteroatoms. The molecule has 0 bridgehead atoms. The molecule has 0 atom stereocenters. The lowest BCUT2D eigenvalue weighted by atomic mass is 10.1. The molecule has 0 spiro atoms. The van der Waals surface area contributed by atoms with Gasteiger partial charge in [0, 0.05) is 28.0 Å². The Labute approximate surface area is 145 Å². The van der Waals surface area contributed by atoms with E-state index in [4.69, 9.17) is 11.6 Å². The SMILES string of the molecule is Fc1ccc(C2=Nn3c(nnc3-c3ccc(Cl)cc3)SC2)c(F)c1. The normalized spacial score (nSPS) is 13.5. The molecule has 0 aliphatic carbocycles. The third-order valence-electron chi connectivity index (χ3n) is 3.52. The van der Waals surface area contributed by atoms with E-state index in [0.717, 1.165) is 11.6 Å². The molecule has 3 aromatic rings. The average molecular weight is 363 g/mol. The first kappa shape index (κ1) is 15.3. The van der Waals surface area contributed by atoms with Crippen molar-refractivity contribution in [2.45, 2.75) is 5.16 Å².